The first kappa shape index (κ1) is 20.5. The van der Waals surface area contributed by atoms with Crippen LogP contribution < -0.4 is 10.2 Å². The van der Waals surface area contributed by atoms with Gasteiger partial charge in [0.25, 0.3) is 11.8 Å². The lowest BCUT2D eigenvalue weighted by atomic mass is 10.2. The number of aromatic amines is 1. The predicted octanol–water partition coefficient (Wildman–Crippen LogP) is 4.65. The standard InChI is InChI=1S/C20H17ClF2N4O2/c1-2-8-27(12-6-4-3-5-7-12)20(29)17-11-18(26-25-17)24-19(28)13-9-15(22)16(23)10-14(13)21/h3-7,9-11H,2,8H2,1H3,(H2,24,25,26,28). The van der Waals surface area contributed by atoms with Crippen LogP contribution in [0.25, 0.3) is 0 Å². The van der Waals surface area contributed by atoms with E-state index in [0.717, 1.165) is 18.2 Å². The second-order valence-corrected chi connectivity index (χ2v) is 6.57. The maximum atomic E-state index is 13.4. The molecule has 0 atom stereocenters. The Morgan fingerprint density at radius 3 is 2.52 bits per heavy atom. The van der Waals surface area contributed by atoms with Crippen LogP contribution in [0.3, 0.4) is 0 Å². The van der Waals surface area contributed by atoms with E-state index >= 15 is 0 Å². The number of rotatable bonds is 6. The number of para-hydroxylation sites is 1. The fraction of sp³-hybridized carbons (Fsp3) is 0.150. The molecule has 3 rings (SSSR count). The minimum Gasteiger partial charge on any atom is -0.307 e. The van der Waals surface area contributed by atoms with Gasteiger partial charge in [0, 0.05) is 18.3 Å². The van der Waals surface area contributed by atoms with E-state index in [1.807, 2.05) is 37.3 Å². The Bertz CT molecular complexity index is 1040. The molecule has 2 N–H and O–H groups in total. The van der Waals surface area contributed by atoms with Gasteiger partial charge in [-0.2, -0.15) is 5.10 Å². The summed E-state index contributed by atoms with van der Waals surface area (Å²) in [5.41, 5.74) is 0.570. The van der Waals surface area contributed by atoms with Crippen molar-refractivity contribution in [3.63, 3.8) is 0 Å². The lowest BCUT2D eigenvalue weighted by Gasteiger charge is -2.21. The third kappa shape index (κ3) is 4.60. The molecule has 0 aliphatic carbocycles. The predicted molar refractivity (Wildman–Crippen MR) is 106 cm³/mol. The van der Waals surface area contributed by atoms with E-state index in [1.165, 1.54) is 6.07 Å². The normalized spacial score (nSPS) is 10.6. The number of halogens is 3. The minimum atomic E-state index is -1.20. The van der Waals surface area contributed by atoms with Crippen molar-refractivity contribution in [3.05, 3.63) is 76.4 Å². The maximum Gasteiger partial charge on any atom is 0.278 e. The summed E-state index contributed by atoms with van der Waals surface area (Å²) in [6, 6.07) is 11.9. The number of benzene rings is 2. The molecule has 9 heteroatoms. The molecule has 0 saturated heterocycles. The first-order valence-corrected chi connectivity index (χ1v) is 9.16. The third-order valence-electron chi connectivity index (χ3n) is 4.06. The lowest BCUT2D eigenvalue weighted by Crippen LogP contribution is -2.31. The summed E-state index contributed by atoms with van der Waals surface area (Å²) in [5.74, 6) is -3.36. The number of anilines is 2. The number of nitrogens with zero attached hydrogens (tertiary/aromatic N) is 2. The number of aromatic nitrogens is 2. The summed E-state index contributed by atoms with van der Waals surface area (Å²) in [4.78, 5) is 26.7. The largest absolute Gasteiger partial charge is 0.307 e. The molecule has 0 bridgehead atoms. The summed E-state index contributed by atoms with van der Waals surface area (Å²) in [5, 5.41) is 8.68. The second-order valence-electron chi connectivity index (χ2n) is 6.16. The molecule has 0 radical (unpaired) electrons. The molecular formula is C20H17ClF2N4O2. The topological polar surface area (TPSA) is 78.1 Å². The molecular weight excluding hydrogens is 402 g/mol. The van der Waals surface area contributed by atoms with Crippen LogP contribution in [-0.4, -0.2) is 28.6 Å². The van der Waals surface area contributed by atoms with Gasteiger partial charge < -0.3 is 10.2 Å². The second kappa shape index (κ2) is 8.83. The smallest absolute Gasteiger partial charge is 0.278 e. The maximum absolute atomic E-state index is 13.4. The molecule has 0 aliphatic rings. The van der Waals surface area contributed by atoms with Gasteiger partial charge in [0.15, 0.2) is 17.3 Å². The SMILES string of the molecule is CCCN(C(=O)c1cc(NC(=O)c2cc(F)c(F)cc2Cl)[nH]n1)c1ccccc1. The van der Waals surface area contributed by atoms with E-state index in [2.05, 4.69) is 15.5 Å². The highest BCUT2D eigenvalue weighted by Crippen LogP contribution is 2.22. The summed E-state index contributed by atoms with van der Waals surface area (Å²) < 4.78 is 26.6. The van der Waals surface area contributed by atoms with E-state index in [1.54, 1.807) is 4.90 Å². The Hall–Kier alpha value is -3.26. The van der Waals surface area contributed by atoms with Crippen LogP contribution in [0.2, 0.25) is 5.02 Å². The minimum absolute atomic E-state index is 0.0917. The highest BCUT2D eigenvalue weighted by atomic mass is 35.5. The van der Waals surface area contributed by atoms with Crippen molar-refractivity contribution in [3.8, 4) is 0 Å². The van der Waals surface area contributed by atoms with E-state index in [4.69, 9.17) is 11.6 Å². The molecule has 0 unspecified atom stereocenters. The molecule has 29 heavy (non-hydrogen) atoms. The van der Waals surface area contributed by atoms with Gasteiger partial charge in [-0.3, -0.25) is 14.7 Å². The summed E-state index contributed by atoms with van der Waals surface area (Å²) in [6.45, 7) is 2.44. The van der Waals surface area contributed by atoms with Crippen LogP contribution >= 0.6 is 11.6 Å². The highest BCUT2D eigenvalue weighted by Gasteiger charge is 2.21. The number of carbonyl (C=O) groups excluding carboxylic acids is 2. The Morgan fingerprint density at radius 1 is 1.14 bits per heavy atom. The Labute approximate surface area is 170 Å². The van der Waals surface area contributed by atoms with Gasteiger partial charge in [-0.1, -0.05) is 36.7 Å². The molecule has 0 spiro atoms. The number of amides is 2. The Morgan fingerprint density at radius 2 is 1.83 bits per heavy atom. The molecule has 0 aliphatic heterocycles. The van der Waals surface area contributed by atoms with E-state index < -0.39 is 17.5 Å². The Balaban J connectivity index is 1.78. The first-order chi connectivity index (χ1) is 13.9. The zero-order chi connectivity index (χ0) is 21.0. The number of nitrogens with one attached hydrogen (secondary N) is 2. The van der Waals surface area contributed by atoms with E-state index in [0.29, 0.717) is 12.6 Å². The van der Waals surface area contributed by atoms with Crippen LogP contribution in [0.5, 0.6) is 0 Å². The molecule has 1 heterocycles. The molecule has 0 saturated carbocycles. The van der Waals surface area contributed by atoms with Crippen LogP contribution in [0, 0.1) is 11.6 Å². The molecule has 0 fully saturated rings. The Kier molecular flexibility index (Phi) is 6.23. The molecule has 2 amide bonds. The first-order valence-electron chi connectivity index (χ1n) is 8.79. The molecule has 1 aromatic heterocycles. The van der Waals surface area contributed by atoms with E-state index in [-0.39, 0.29) is 28.0 Å². The van der Waals surface area contributed by atoms with Crippen molar-refractivity contribution in [1.29, 1.82) is 0 Å². The van der Waals surface area contributed by atoms with Gasteiger partial charge in [0.1, 0.15) is 5.82 Å². The summed E-state index contributed by atoms with van der Waals surface area (Å²) in [7, 11) is 0. The van der Waals surface area contributed by atoms with E-state index in [9.17, 15) is 18.4 Å². The van der Waals surface area contributed by atoms with Crippen molar-refractivity contribution in [2.45, 2.75) is 13.3 Å². The zero-order valence-corrected chi connectivity index (χ0v) is 16.1. The quantitative estimate of drug-likeness (QED) is 0.572. The lowest BCUT2D eigenvalue weighted by molar-refractivity contribution is 0.0980. The van der Waals surface area contributed by atoms with Gasteiger partial charge in [0.2, 0.25) is 0 Å². The van der Waals surface area contributed by atoms with Crippen molar-refractivity contribution in [2.75, 3.05) is 16.8 Å². The van der Waals surface area contributed by atoms with Crippen molar-refractivity contribution >= 4 is 34.9 Å². The van der Waals surface area contributed by atoms with Crippen LogP contribution in [0.1, 0.15) is 34.2 Å². The molecule has 3 aromatic rings. The van der Waals surface area contributed by atoms with Crippen LogP contribution in [0.15, 0.2) is 48.5 Å². The van der Waals surface area contributed by atoms with Gasteiger partial charge in [-0.15, -0.1) is 0 Å². The van der Waals surface area contributed by atoms with Crippen LogP contribution in [-0.2, 0) is 0 Å². The fourth-order valence-electron chi connectivity index (χ4n) is 2.70. The van der Waals surface area contributed by atoms with Gasteiger partial charge in [0.05, 0.1) is 10.6 Å². The van der Waals surface area contributed by atoms with Crippen molar-refractivity contribution in [1.82, 2.24) is 10.2 Å². The number of hydrogen-bond acceptors (Lipinski definition) is 3. The van der Waals surface area contributed by atoms with Gasteiger partial charge in [-0.05, 0) is 30.7 Å². The average molecular weight is 419 g/mol. The fourth-order valence-corrected chi connectivity index (χ4v) is 2.94. The molecule has 150 valence electrons. The average Bonchev–Trinajstić information content (AvgIpc) is 3.17. The van der Waals surface area contributed by atoms with Crippen molar-refractivity contribution in [2.24, 2.45) is 0 Å². The molecule has 2 aromatic carbocycles. The zero-order valence-electron chi connectivity index (χ0n) is 15.4. The van der Waals surface area contributed by atoms with Gasteiger partial charge >= 0.3 is 0 Å². The number of hydrogen-bond donors (Lipinski definition) is 2. The molecule has 6 nitrogen and oxygen atoms in total. The monoisotopic (exact) mass is 418 g/mol. The number of H-pyrrole nitrogens is 1. The van der Waals surface area contributed by atoms with Crippen molar-refractivity contribution < 1.29 is 18.4 Å². The van der Waals surface area contributed by atoms with Gasteiger partial charge in [-0.25, -0.2) is 8.78 Å². The summed E-state index contributed by atoms with van der Waals surface area (Å²) >= 11 is 5.81. The highest BCUT2D eigenvalue weighted by molar-refractivity contribution is 6.34. The summed E-state index contributed by atoms with van der Waals surface area (Å²) in [6.07, 6.45) is 0.739. The third-order valence-corrected chi connectivity index (χ3v) is 4.37. The van der Waals surface area contributed by atoms with Crippen LogP contribution in [0.4, 0.5) is 20.3 Å². The number of carbonyl (C=O) groups is 2.